The smallest absolute Gasteiger partial charge is 0.191 e. The molecule has 1 aliphatic rings. The minimum Gasteiger partial charge on any atom is -0.357 e. The van der Waals surface area contributed by atoms with Gasteiger partial charge in [0.15, 0.2) is 5.96 Å². The molecule has 0 aromatic carbocycles. The highest BCUT2D eigenvalue weighted by atomic mass is 127. The van der Waals surface area contributed by atoms with E-state index >= 15 is 0 Å². The number of aromatic nitrogens is 1. The van der Waals surface area contributed by atoms with Crippen molar-refractivity contribution in [1.82, 2.24) is 20.5 Å². The van der Waals surface area contributed by atoms with Crippen LogP contribution in [0.2, 0.25) is 0 Å². The maximum atomic E-state index is 4.70. The largest absolute Gasteiger partial charge is 0.357 e. The molecule has 0 bridgehead atoms. The molecule has 26 heavy (non-hydrogen) atoms. The number of nitrogens with one attached hydrogen (secondary N) is 2. The lowest BCUT2D eigenvalue weighted by Crippen LogP contribution is -2.38. The Bertz CT molecular complexity index is 500. The Hall–Kier alpha value is -0.410. The zero-order valence-corrected chi connectivity index (χ0v) is 19.6. The lowest BCUT2D eigenvalue weighted by molar-refractivity contribution is 0.224. The van der Waals surface area contributed by atoms with Crippen molar-refractivity contribution in [3.05, 3.63) is 16.1 Å². The highest BCUT2D eigenvalue weighted by Gasteiger charge is 2.08. The molecule has 0 radical (unpaired) electrons. The number of piperidine rings is 1. The van der Waals surface area contributed by atoms with Gasteiger partial charge < -0.3 is 15.5 Å². The molecule has 1 aliphatic heterocycles. The van der Waals surface area contributed by atoms with Gasteiger partial charge in [0.1, 0.15) is 0 Å². The van der Waals surface area contributed by atoms with E-state index in [1.807, 2.05) is 6.20 Å². The molecule has 0 atom stereocenters. The summed E-state index contributed by atoms with van der Waals surface area (Å²) in [6.07, 6.45) is 10.9. The molecule has 5 nitrogen and oxygen atoms in total. The topological polar surface area (TPSA) is 52.6 Å². The number of unbranched alkanes of at least 4 members (excludes halogenated alkanes) is 2. The molecule has 0 aliphatic carbocycles. The van der Waals surface area contributed by atoms with Crippen LogP contribution in [0.15, 0.2) is 11.2 Å². The molecule has 2 N–H and O–H groups in total. The molecule has 2 rings (SSSR count). The molecule has 0 spiro atoms. The molecular weight excluding hydrogens is 457 g/mol. The van der Waals surface area contributed by atoms with E-state index in [0.717, 1.165) is 32.0 Å². The molecule has 1 aromatic rings. The van der Waals surface area contributed by atoms with Gasteiger partial charge >= 0.3 is 0 Å². The Morgan fingerprint density at radius 3 is 2.69 bits per heavy atom. The Kier molecular flexibility index (Phi) is 13.3. The Balaban J connectivity index is 0.00000338. The average Bonchev–Trinajstić information content (AvgIpc) is 3.04. The fourth-order valence-corrected chi connectivity index (χ4v) is 3.93. The summed E-state index contributed by atoms with van der Waals surface area (Å²) in [6.45, 7) is 10.8. The van der Waals surface area contributed by atoms with Crippen LogP contribution in [0.4, 0.5) is 0 Å². The SMILES string of the molecule is CCNC(=NCCCCCN1CCCCC1)NCCc1ncc(C)s1.I. The van der Waals surface area contributed by atoms with Crippen LogP contribution in [-0.4, -0.2) is 55.1 Å². The van der Waals surface area contributed by atoms with Crippen molar-refractivity contribution in [1.29, 1.82) is 0 Å². The summed E-state index contributed by atoms with van der Waals surface area (Å²) in [5, 5.41) is 7.94. The summed E-state index contributed by atoms with van der Waals surface area (Å²) < 4.78 is 0. The van der Waals surface area contributed by atoms with Crippen LogP contribution in [0.1, 0.15) is 55.3 Å². The predicted octanol–water partition coefficient (Wildman–Crippen LogP) is 3.82. The van der Waals surface area contributed by atoms with E-state index in [1.165, 1.54) is 68.0 Å². The Morgan fingerprint density at radius 1 is 1.19 bits per heavy atom. The minimum atomic E-state index is 0. The third-order valence-electron chi connectivity index (χ3n) is 4.50. The van der Waals surface area contributed by atoms with Crippen LogP contribution >= 0.6 is 35.3 Å². The number of thiazole rings is 1. The predicted molar refractivity (Wildman–Crippen MR) is 124 cm³/mol. The van der Waals surface area contributed by atoms with E-state index in [-0.39, 0.29) is 24.0 Å². The minimum absolute atomic E-state index is 0. The zero-order valence-electron chi connectivity index (χ0n) is 16.4. The molecule has 0 saturated carbocycles. The molecule has 0 unspecified atom stereocenters. The second-order valence-corrected chi connectivity index (χ2v) is 8.08. The van der Waals surface area contributed by atoms with Gasteiger partial charge in [-0.1, -0.05) is 12.8 Å². The number of nitrogens with zero attached hydrogens (tertiary/aromatic N) is 3. The second kappa shape index (κ2) is 14.6. The number of aryl methyl sites for hydroxylation is 1. The number of aliphatic imine (C=N–C) groups is 1. The quantitative estimate of drug-likeness (QED) is 0.225. The maximum absolute atomic E-state index is 4.70. The molecular formula is C19H36IN5S. The standard InChI is InChI=1S/C19H35N5S.HI/c1-3-20-19(22-12-10-18-23-16-17(2)25-18)21-11-6-4-7-13-24-14-8-5-9-15-24;/h16H,3-15H2,1-2H3,(H2,20,21,22);1H. The van der Waals surface area contributed by atoms with Crippen LogP contribution < -0.4 is 10.6 Å². The highest BCUT2D eigenvalue weighted by molar-refractivity contribution is 14.0. The molecule has 1 aromatic heterocycles. The maximum Gasteiger partial charge on any atom is 0.191 e. The van der Waals surface area contributed by atoms with Crippen LogP contribution in [0, 0.1) is 6.92 Å². The van der Waals surface area contributed by atoms with Crippen LogP contribution in [0.5, 0.6) is 0 Å². The summed E-state index contributed by atoms with van der Waals surface area (Å²) in [6, 6.07) is 0. The van der Waals surface area contributed by atoms with Gasteiger partial charge in [0.05, 0.1) is 5.01 Å². The van der Waals surface area contributed by atoms with E-state index < -0.39 is 0 Å². The van der Waals surface area contributed by atoms with Crippen LogP contribution in [-0.2, 0) is 6.42 Å². The first-order valence-corrected chi connectivity index (χ1v) is 10.8. The van der Waals surface area contributed by atoms with Crippen molar-refractivity contribution in [3.63, 3.8) is 0 Å². The van der Waals surface area contributed by atoms with Gasteiger partial charge in [0, 0.05) is 37.1 Å². The third-order valence-corrected chi connectivity index (χ3v) is 5.47. The summed E-state index contributed by atoms with van der Waals surface area (Å²) >= 11 is 1.78. The lowest BCUT2D eigenvalue weighted by atomic mass is 10.1. The molecule has 7 heteroatoms. The van der Waals surface area contributed by atoms with E-state index in [4.69, 9.17) is 4.99 Å². The average molecular weight is 494 g/mol. The van der Waals surface area contributed by atoms with E-state index in [0.29, 0.717) is 0 Å². The van der Waals surface area contributed by atoms with Gasteiger partial charge in [-0.3, -0.25) is 4.99 Å². The molecule has 1 saturated heterocycles. The first-order valence-electron chi connectivity index (χ1n) is 9.94. The normalized spacial score (nSPS) is 15.5. The van der Waals surface area contributed by atoms with Crippen molar-refractivity contribution < 1.29 is 0 Å². The van der Waals surface area contributed by atoms with Gasteiger partial charge in [-0.2, -0.15) is 0 Å². The first kappa shape index (κ1) is 23.6. The molecule has 0 amide bonds. The fourth-order valence-electron chi connectivity index (χ4n) is 3.14. The van der Waals surface area contributed by atoms with E-state index in [1.54, 1.807) is 11.3 Å². The van der Waals surface area contributed by atoms with Gasteiger partial charge in [-0.15, -0.1) is 35.3 Å². The highest BCUT2D eigenvalue weighted by Crippen LogP contribution is 2.11. The fraction of sp³-hybridized carbons (Fsp3) is 0.789. The van der Waals surface area contributed by atoms with E-state index in [9.17, 15) is 0 Å². The van der Waals surface area contributed by atoms with Crippen molar-refractivity contribution in [3.8, 4) is 0 Å². The second-order valence-electron chi connectivity index (χ2n) is 6.77. The van der Waals surface area contributed by atoms with Crippen molar-refractivity contribution in [2.75, 3.05) is 39.3 Å². The number of halogens is 1. The monoisotopic (exact) mass is 493 g/mol. The summed E-state index contributed by atoms with van der Waals surface area (Å²) in [5.74, 6) is 0.937. The first-order chi connectivity index (χ1) is 12.3. The number of guanidine groups is 1. The van der Waals surface area contributed by atoms with E-state index in [2.05, 4.69) is 34.4 Å². The van der Waals surface area contributed by atoms with Crippen LogP contribution in [0.25, 0.3) is 0 Å². The Labute approximate surface area is 180 Å². The number of rotatable bonds is 10. The number of hydrogen-bond donors (Lipinski definition) is 2. The van der Waals surface area contributed by atoms with Crippen molar-refractivity contribution in [2.24, 2.45) is 4.99 Å². The Morgan fingerprint density at radius 2 is 2.00 bits per heavy atom. The zero-order chi connectivity index (χ0) is 17.7. The summed E-state index contributed by atoms with van der Waals surface area (Å²) in [4.78, 5) is 13.0. The van der Waals surface area contributed by atoms with Crippen molar-refractivity contribution in [2.45, 2.75) is 58.8 Å². The molecule has 1 fully saturated rings. The van der Waals surface area contributed by atoms with Gasteiger partial charge in [-0.25, -0.2) is 4.98 Å². The summed E-state index contributed by atoms with van der Waals surface area (Å²) in [7, 11) is 0. The lowest BCUT2D eigenvalue weighted by Gasteiger charge is -2.26. The third kappa shape index (κ3) is 10.1. The number of hydrogen-bond acceptors (Lipinski definition) is 4. The van der Waals surface area contributed by atoms with Crippen molar-refractivity contribution >= 4 is 41.3 Å². The van der Waals surface area contributed by atoms with Gasteiger partial charge in [0.2, 0.25) is 0 Å². The van der Waals surface area contributed by atoms with Gasteiger partial charge in [-0.05, 0) is 59.2 Å². The summed E-state index contributed by atoms with van der Waals surface area (Å²) in [5.41, 5.74) is 0. The number of likely N-dealkylation sites (tertiary alicyclic amines) is 1. The molecule has 150 valence electrons. The molecule has 2 heterocycles. The van der Waals surface area contributed by atoms with Gasteiger partial charge in [0.25, 0.3) is 0 Å². The van der Waals surface area contributed by atoms with Crippen LogP contribution in [0.3, 0.4) is 0 Å².